The topological polar surface area (TPSA) is 94.4 Å². The molecule has 0 saturated carbocycles. The number of non-ortho nitro benzene ring substituents is 1. The van der Waals surface area contributed by atoms with Gasteiger partial charge in [-0.25, -0.2) is 4.98 Å². The number of rotatable bonds is 7. The fourth-order valence-corrected chi connectivity index (χ4v) is 2.38. The molecule has 1 N–H and O–H groups in total. The number of aromatic nitrogens is 1. The van der Waals surface area contributed by atoms with Crippen LogP contribution in [0.15, 0.2) is 30.5 Å². The predicted octanol–water partition coefficient (Wildman–Crippen LogP) is 3.16. The highest BCUT2D eigenvalue weighted by Crippen LogP contribution is 2.19. The van der Waals surface area contributed by atoms with E-state index in [1.54, 1.807) is 18.3 Å². The first-order valence-electron chi connectivity index (χ1n) is 6.64. The lowest BCUT2D eigenvalue weighted by atomic mass is 10.3. The van der Waals surface area contributed by atoms with E-state index in [-0.39, 0.29) is 11.6 Å². The average molecular weight is 321 g/mol. The number of benzene rings is 1. The quantitative estimate of drug-likeness (QED) is 0.480. The van der Waals surface area contributed by atoms with E-state index in [1.165, 1.54) is 23.5 Å². The van der Waals surface area contributed by atoms with Crippen molar-refractivity contribution in [2.75, 3.05) is 11.9 Å². The third kappa shape index (κ3) is 4.81. The Morgan fingerprint density at radius 3 is 3.00 bits per heavy atom. The molecule has 0 spiro atoms. The summed E-state index contributed by atoms with van der Waals surface area (Å²) in [5, 5.41) is 13.9. The number of carbonyl (C=O) groups is 1. The monoisotopic (exact) mass is 321 g/mol. The molecule has 0 saturated heterocycles. The molecule has 0 aliphatic carbocycles. The number of nitrogens with one attached hydrogen (secondary N) is 1. The summed E-state index contributed by atoms with van der Waals surface area (Å²) in [5.41, 5.74) is -0.0191. The highest BCUT2D eigenvalue weighted by Gasteiger charge is 2.07. The lowest BCUT2D eigenvalue weighted by Crippen LogP contribution is -2.12. The molecular weight excluding hydrogens is 306 g/mol. The normalized spacial score (nSPS) is 10.2. The maximum Gasteiger partial charge on any atom is 0.273 e. The van der Waals surface area contributed by atoms with Gasteiger partial charge in [-0.3, -0.25) is 14.9 Å². The molecule has 2 aromatic rings. The van der Waals surface area contributed by atoms with Crippen molar-refractivity contribution in [2.24, 2.45) is 0 Å². The second-order valence-electron chi connectivity index (χ2n) is 4.53. The molecule has 8 heteroatoms. The fraction of sp³-hybridized carbons (Fsp3) is 0.286. The van der Waals surface area contributed by atoms with Gasteiger partial charge in [-0.05, 0) is 19.4 Å². The number of aryl methyl sites for hydroxylation is 1. The first-order chi connectivity index (χ1) is 10.5. The molecule has 0 aliphatic rings. The Labute approximate surface area is 131 Å². The second kappa shape index (κ2) is 7.51. The van der Waals surface area contributed by atoms with E-state index in [0.717, 1.165) is 4.88 Å². The molecule has 1 aromatic heterocycles. The first-order valence-corrected chi connectivity index (χ1v) is 7.46. The van der Waals surface area contributed by atoms with Gasteiger partial charge in [-0.2, -0.15) is 0 Å². The Morgan fingerprint density at radius 2 is 2.32 bits per heavy atom. The van der Waals surface area contributed by atoms with Crippen LogP contribution in [-0.4, -0.2) is 22.4 Å². The van der Waals surface area contributed by atoms with Crippen LogP contribution >= 0.6 is 11.3 Å². The lowest BCUT2D eigenvalue weighted by Gasteiger charge is -2.05. The van der Waals surface area contributed by atoms with Crippen LogP contribution in [0.3, 0.4) is 0 Å². The van der Waals surface area contributed by atoms with Crippen molar-refractivity contribution in [3.63, 3.8) is 0 Å². The van der Waals surface area contributed by atoms with Crippen LogP contribution in [0, 0.1) is 17.0 Å². The zero-order valence-electron chi connectivity index (χ0n) is 11.9. The third-order valence-electron chi connectivity index (χ3n) is 2.71. The van der Waals surface area contributed by atoms with Gasteiger partial charge in [-0.1, -0.05) is 6.07 Å². The largest absolute Gasteiger partial charge is 0.493 e. The molecule has 0 atom stereocenters. The lowest BCUT2D eigenvalue weighted by molar-refractivity contribution is -0.384. The van der Waals surface area contributed by atoms with Crippen molar-refractivity contribution >= 4 is 28.1 Å². The van der Waals surface area contributed by atoms with E-state index in [1.807, 2.05) is 6.92 Å². The standard InChI is InChI=1S/C14H15N3O4S/c1-10-9-15-14(22-10)16-13(18)6-3-7-21-12-5-2-4-11(8-12)17(19)20/h2,4-5,8-9H,3,6-7H2,1H3,(H,15,16,18). The summed E-state index contributed by atoms with van der Waals surface area (Å²) in [7, 11) is 0. The van der Waals surface area contributed by atoms with Gasteiger partial charge >= 0.3 is 0 Å². The van der Waals surface area contributed by atoms with Gasteiger partial charge in [0.15, 0.2) is 5.13 Å². The van der Waals surface area contributed by atoms with E-state index in [9.17, 15) is 14.9 Å². The van der Waals surface area contributed by atoms with Crippen LogP contribution in [0.4, 0.5) is 10.8 Å². The van der Waals surface area contributed by atoms with E-state index in [0.29, 0.717) is 30.3 Å². The zero-order valence-corrected chi connectivity index (χ0v) is 12.8. The number of nitrogens with zero attached hydrogens (tertiary/aromatic N) is 2. The van der Waals surface area contributed by atoms with E-state index in [4.69, 9.17) is 4.74 Å². The average Bonchev–Trinajstić information content (AvgIpc) is 2.89. The Kier molecular flexibility index (Phi) is 5.42. The van der Waals surface area contributed by atoms with Gasteiger partial charge in [0.25, 0.3) is 5.69 Å². The Morgan fingerprint density at radius 1 is 1.50 bits per heavy atom. The Hall–Kier alpha value is -2.48. The summed E-state index contributed by atoms with van der Waals surface area (Å²) < 4.78 is 5.40. The number of amides is 1. The fourth-order valence-electron chi connectivity index (χ4n) is 1.70. The molecule has 1 aromatic carbocycles. The van der Waals surface area contributed by atoms with Gasteiger partial charge in [0.2, 0.25) is 5.91 Å². The molecule has 116 valence electrons. The highest BCUT2D eigenvalue weighted by molar-refractivity contribution is 7.15. The van der Waals surface area contributed by atoms with Crippen LogP contribution < -0.4 is 10.1 Å². The minimum Gasteiger partial charge on any atom is -0.493 e. The summed E-state index contributed by atoms with van der Waals surface area (Å²) >= 11 is 1.42. The highest BCUT2D eigenvalue weighted by atomic mass is 32.1. The number of carbonyl (C=O) groups excluding carboxylic acids is 1. The predicted molar refractivity (Wildman–Crippen MR) is 83.3 cm³/mol. The third-order valence-corrected chi connectivity index (χ3v) is 3.54. The molecule has 22 heavy (non-hydrogen) atoms. The summed E-state index contributed by atoms with van der Waals surface area (Å²) in [6.07, 6.45) is 2.51. The van der Waals surface area contributed by atoms with Gasteiger partial charge < -0.3 is 10.1 Å². The van der Waals surface area contributed by atoms with E-state index >= 15 is 0 Å². The number of nitro benzene ring substituents is 1. The van der Waals surface area contributed by atoms with Crippen LogP contribution in [0.1, 0.15) is 17.7 Å². The molecule has 7 nitrogen and oxygen atoms in total. The molecule has 0 fully saturated rings. The van der Waals surface area contributed by atoms with Crippen LogP contribution in [0.5, 0.6) is 5.75 Å². The summed E-state index contributed by atoms with van der Waals surface area (Å²) in [6.45, 7) is 2.23. The number of thiazole rings is 1. The molecule has 0 bridgehead atoms. The Bertz CT molecular complexity index is 672. The zero-order chi connectivity index (χ0) is 15.9. The summed E-state index contributed by atoms with van der Waals surface area (Å²) in [5.74, 6) is 0.294. The Balaban J connectivity index is 1.71. The van der Waals surface area contributed by atoms with Crippen molar-refractivity contribution in [2.45, 2.75) is 19.8 Å². The SMILES string of the molecule is Cc1cnc(NC(=O)CCCOc2cccc([N+](=O)[O-])c2)s1. The number of nitro groups is 1. The molecule has 1 amide bonds. The molecular formula is C14H15N3O4S. The van der Waals surface area contributed by atoms with Crippen molar-refractivity contribution in [1.82, 2.24) is 4.98 Å². The van der Waals surface area contributed by atoms with Crippen molar-refractivity contribution < 1.29 is 14.5 Å². The number of ether oxygens (including phenoxy) is 1. The molecule has 1 heterocycles. The first kappa shape index (κ1) is 15.9. The van der Waals surface area contributed by atoms with Crippen molar-refractivity contribution in [3.8, 4) is 5.75 Å². The van der Waals surface area contributed by atoms with Crippen molar-refractivity contribution in [1.29, 1.82) is 0 Å². The van der Waals surface area contributed by atoms with E-state index < -0.39 is 4.92 Å². The van der Waals surface area contributed by atoms with Crippen LogP contribution in [-0.2, 0) is 4.79 Å². The van der Waals surface area contributed by atoms with Crippen molar-refractivity contribution in [3.05, 3.63) is 45.5 Å². The van der Waals surface area contributed by atoms with Gasteiger partial charge in [0, 0.05) is 23.6 Å². The number of anilines is 1. The molecule has 2 rings (SSSR count). The smallest absolute Gasteiger partial charge is 0.273 e. The maximum atomic E-state index is 11.7. The summed E-state index contributed by atoms with van der Waals surface area (Å²) in [6, 6.07) is 5.96. The second-order valence-corrected chi connectivity index (χ2v) is 5.77. The van der Waals surface area contributed by atoms with Gasteiger partial charge in [-0.15, -0.1) is 11.3 Å². The minimum atomic E-state index is -0.476. The van der Waals surface area contributed by atoms with E-state index in [2.05, 4.69) is 10.3 Å². The van der Waals surface area contributed by atoms with Crippen LogP contribution in [0.2, 0.25) is 0 Å². The summed E-state index contributed by atoms with van der Waals surface area (Å²) in [4.78, 5) is 26.9. The maximum absolute atomic E-state index is 11.7. The van der Waals surface area contributed by atoms with Crippen LogP contribution in [0.25, 0.3) is 0 Å². The van der Waals surface area contributed by atoms with Gasteiger partial charge in [0.1, 0.15) is 5.75 Å². The van der Waals surface area contributed by atoms with Gasteiger partial charge in [0.05, 0.1) is 17.6 Å². The molecule has 0 unspecified atom stereocenters. The minimum absolute atomic E-state index is 0.0191. The number of hydrogen-bond donors (Lipinski definition) is 1. The molecule has 0 radical (unpaired) electrons. The number of hydrogen-bond acceptors (Lipinski definition) is 6. The molecule has 0 aliphatic heterocycles.